The molecule has 0 saturated carbocycles. The number of rotatable bonds is 5. The standard InChI is InChI=1S/C24H15ClF4N6O2/c1-11-20(21(24(27,28)29)34-35(11)10-13-5-3-2-4-12(13)9-30)33-23(37)15-7-19(22(31)36)32-18-8-17(26)16(25)6-14(15)18/h2-8H,10H2,1H3,(H2,31,36)(H,33,37). The van der Waals surface area contributed by atoms with Crippen LogP contribution < -0.4 is 11.1 Å². The zero-order valence-corrected chi connectivity index (χ0v) is 19.6. The third-order valence-corrected chi connectivity index (χ3v) is 5.81. The van der Waals surface area contributed by atoms with E-state index >= 15 is 0 Å². The zero-order valence-electron chi connectivity index (χ0n) is 18.8. The topological polar surface area (TPSA) is 127 Å². The molecular weight excluding hydrogens is 516 g/mol. The van der Waals surface area contributed by atoms with Gasteiger partial charge < -0.3 is 11.1 Å². The minimum atomic E-state index is -4.95. The number of hydrogen-bond donors (Lipinski definition) is 2. The van der Waals surface area contributed by atoms with Crippen LogP contribution in [0, 0.1) is 24.1 Å². The number of benzene rings is 2. The number of nitriles is 1. The van der Waals surface area contributed by atoms with Crippen molar-refractivity contribution < 1.29 is 27.2 Å². The Morgan fingerprint density at radius 2 is 1.92 bits per heavy atom. The minimum Gasteiger partial charge on any atom is -0.364 e. The molecule has 0 fully saturated rings. The van der Waals surface area contributed by atoms with Crippen LogP contribution in [-0.2, 0) is 12.7 Å². The molecule has 188 valence electrons. The number of nitrogens with one attached hydrogen (secondary N) is 1. The first kappa shape index (κ1) is 25.6. The van der Waals surface area contributed by atoms with Crippen molar-refractivity contribution in [3.63, 3.8) is 0 Å². The summed E-state index contributed by atoms with van der Waals surface area (Å²) in [4.78, 5) is 28.8. The average Bonchev–Trinajstić information content (AvgIpc) is 3.14. The lowest BCUT2D eigenvalue weighted by atomic mass is 10.1. The molecule has 2 aromatic carbocycles. The van der Waals surface area contributed by atoms with Gasteiger partial charge in [-0.05, 0) is 30.7 Å². The van der Waals surface area contributed by atoms with Crippen molar-refractivity contribution in [2.75, 3.05) is 5.32 Å². The molecule has 0 atom stereocenters. The second-order valence-corrected chi connectivity index (χ2v) is 8.30. The summed E-state index contributed by atoms with van der Waals surface area (Å²) < 4.78 is 56.7. The summed E-state index contributed by atoms with van der Waals surface area (Å²) in [5, 5.41) is 14.8. The zero-order chi connectivity index (χ0) is 27.1. The van der Waals surface area contributed by atoms with Crippen molar-refractivity contribution in [1.82, 2.24) is 14.8 Å². The van der Waals surface area contributed by atoms with E-state index in [1.165, 1.54) is 13.0 Å². The van der Waals surface area contributed by atoms with Crippen LogP contribution in [0.2, 0.25) is 5.02 Å². The predicted octanol–water partition coefficient (Wildman–Crippen LogP) is 4.82. The number of fused-ring (bicyclic) bond motifs is 1. The number of nitrogens with zero attached hydrogens (tertiary/aromatic N) is 4. The highest BCUT2D eigenvalue weighted by Gasteiger charge is 2.39. The number of halogens is 5. The molecule has 0 unspecified atom stereocenters. The van der Waals surface area contributed by atoms with E-state index in [1.54, 1.807) is 18.2 Å². The van der Waals surface area contributed by atoms with Gasteiger partial charge in [-0.1, -0.05) is 29.8 Å². The highest BCUT2D eigenvalue weighted by atomic mass is 35.5. The number of alkyl halides is 3. The lowest BCUT2D eigenvalue weighted by Crippen LogP contribution is -2.19. The predicted molar refractivity (Wildman–Crippen MR) is 125 cm³/mol. The Bertz CT molecular complexity index is 1620. The number of carbonyl (C=O) groups is 2. The molecule has 0 bridgehead atoms. The normalized spacial score (nSPS) is 11.4. The number of carbonyl (C=O) groups excluding carboxylic acids is 2. The van der Waals surface area contributed by atoms with E-state index in [9.17, 15) is 32.4 Å². The van der Waals surface area contributed by atoms with E-state index in [2.05, 4.69) is 15.4 Å². The maximum absolute atomic E-state index is 14.0. The first-order valence-electron chi connectivity index (χ1n) is 10.4. The van der Waals surface area contributed by atoms with Crippen molar-refractivity contribution in [3.05, 3.63) is 87.1 Å². The summed E-state index contributed by atoms with van der Waals surface area (Å²) in [7, 11) is 0. The van der Waals surface area contributed by atoms with Crippen LogP contribution in [-0.4, -0.2) is 26.6 Å². The smallest absolute Gasteiger partial charge is 0.364 e. The summed E-state index contributed by atoms with van der Waals surface area (Å²) in [6.07, 6.45) is -4.95. The molecule has 13 heteroatoms. The summed E-state index contributed by atoms with van der Waals surface area (Å²) >= 11 is 5.83. The summed E-state index contributed by atoms with van der Waals surface area (Å²) in [5.74, 6) is -2.99. The largest absolute Gasteiger partial charge is 0.437 e. The molecule has 0 aliphatic rings. The van der Waals surface area contributed by atoms with E-state index < -0.39 is 40.9 Å². The molecule has 0 saturated heterocycles. The van der Waals surface area contributed by atoms with E-state index in [1.807, 2.05) is 6.07 Å². The maximum Gasteiger partial charge on any atom is 0.437 e. The number of pyridine rings is 1. The Kier molecular flexibility index (Phi) is 6.58. The molecule has 4 aromatic rings. The molecule has 8 nitrogen and oxygen atoms in total. The molecule has 3 N–H and O–H groups in total. The van der Waals surface area contributed by atoms with Crippen molar-refractivity contribution in [1.29, 1.82) is 5.26 Å². The first-order valence-corrected chi connectivity index (χ1v) is 10.8. The molecular formula is C24H15ClF4N6O2. The highest BCUT2D eigenvalue weighted by molar-refractivity contribution is 6.31. The van der Waals surface area contributed by atoms with Crippen LogP contribution in [0.15, 0.2) is 42.5 Å². The highest BCUT2D eigenvalue weighted by Crippen LogP contribution is 2.37. The van der Waals surface area contributed by atoms with Gasteiger partial charge in [0.1, 0.15) is 11.5 Å². The van der Waals surface area contributed by atoms with Crippen LogP contribution in [0.5, 0.6) is 0 Å². The van der Waals surface area contributed by atoms with E-state index in [0.29, 0.717) is 5.56 Å². The second-order valence-electron chi connectivity index (χ2n) is 7.89. The first-order chi connectivity index (χ1) is 17.4. The number of amides is 2. The van der Waals surface area contributed by atoms with Gasteiger partial charge in [-0.2, -0.15) is 23.5 Å². The number of anilines is 1. The third kappa shape index (κ3) is 4.94. The Morgan fingerprint density at radius 3 is 2.57 bits per heavy atom. The number of hydrogen-bond acceptors (Lipinski definition) is 5. The van der Waals surface area contributed by atoms with Crippen LogP contribution >= 0.6 is 11.6 Å². The average molecular weight is 531 g/mol. The van der Waals surface area contributed by atoms with Gasteiger partial charge in [0.15, 0.2) is 5.69 Å². The number of nitrogens with two attached hydrogens (primary N) is 1. The van der Waals surface area contributed by atoms with Gasteiger partial charge in [0.05, 0.1) is 45.7 Å². The Morgan fingerprint density at radius 1 is 1.22 bits per heavy atom. The van der Waals surface area contributed by atoms with Gasteiger partial charge in [0.25, 0.3) is 11.8 Å². The molecule has 0 aliphatic heterocycles. The van der Waals surface area contributed by atoms with E-state index in [-0.39, 0.29) is 39.3 Å². The molecule has 0 aliphatic carbocycles. The lowest BCUT2D eigenvalue weighted by Gasteiger charge is -2.12. The van der Waals surface area contributed by atoms with Crippen LogP contribution in [0.4, 0.5) is 23.2 Å². The monoisotopic (exact) mass is 530 g/mol. The third-order valence-electron chi connectivity index (χ3n) is 5.52. The Labute approximate surface area is 211 Å². The molecule has 37 heavy (non-hydrogen) atoms. The summed E-state index contributed by atoms with van der Waals surface area (Å²) in [6, 6.07) is 11.2. The maximum atomic E-state index is 14.0. The van der Waals surface area contributed by atoms with Crippen LogP contribution in [0.1, 0.15) is 43.4 Å². The fourth-order valence-corrected chi connectivity index (χ4v) is 3.86. The van der Waals surface area contributed by atoms with Crippen LogP contribution in [0.25, 0.3) is 10.9 Å². The van der Waals surface area contributed by atoms with Gasteiger partial charge in [-0.3, -0.25) is 14.3 Å². The van der Waals surface area contributed by atoms with Crippen molar-refractivity contribution in [2.45, 2.75) is 19.6 Å². The molecule has 0 radical (unpaired) electrons. The molecule has 4 rings (SSSR count). The second kappa shape index (κ2) is 9.51. The van der Waals surface area contributed by atoms with Crippen molar-refractivity contribution >= 4 is 40.0 Å². The molecule has 2 aromatic heterocycles. The molecule has 0 spiro atoms. The molecule has 2 amide bonds. The van der Waals surface area contributed by atoms with Crippen molar-refractivity contribution in [3.8, 4) is 6.07 Å². The summed E-state index contributed by atoms with van der Waals surface area (Å²) in [6.45, 7) is 1.14. The molecule has 2 heterocycles. The number of primary amides is 1. The van der Waals surface area contributed by atoms with Gasteiger partial charge >= 0.3 is 6.18 Å². The van der Waals surface area contributed by atoms with Crippen LogP contribution in [0.3, 0.4) is 0 Å². The fourth-order valence-electron chi connectivity index (χ4n) is 3.69. The van der Waals surface area contributed by atoms with Gasteiger partial charge in [-0.25, -0.2) is 9.37 Å². The van der Waals surface area contributed by atoms with E-state index in [4.69, 9.17) is 17.3 Å². The Hall–Kier alpha value is -4.50. The Balaban J connectivity index is 1.82. The fraction of sp³-hybridized carbons (Fsp3) is 0.125. The summed E-state index contributed by atoms with van der Waals surface area (Å²) in [5.41, 5.74) is 3.01. The van der Waals surface area contributed by atoms with Gasteiger partial charge in [0.2, 0.25) is 0 Å². The quantitative estimate of drug-likeness (QED) is 0.358. The van der Waals surface area contributed by atoms with Gasteiger partial charge in [-0.15, -0.1) is 0 Å². The van der Waals surface area contributed by atoms with Gasteiger partial charge in [0, 0.05) is 11.5 Å². The van der Waals surface area contributed by atoms with Crippen molar-refractivity contribution in [2.24, 2.45) is 5.73 Å². The SMILES string of the molecule is Cc1c(NC(=O)c2cc(C(N)=O)nc3cc(F)c(Cl)cc23)c(C(F)(F)F)nn1Cc1ccccc1C#N. The lowest BCUT2D eigenvalue weighted by molar-refractivity contribution is -0.140. The van der Waals surface area contributed by atoms with E-state index in [0.717, 1.165) is 22.9 Å². The number of aromatic nitrogens is 3. The minimum absolute atomic E-state index is 0.0181.